The van der Waals surface area contributed by atoms with Crippen LogP contribution in [0.15, 0.2) is 12.7 Å². The minimum Gasteiger partial charge on any atom is -0.393 e. The lowest BCUT2D eigenvalue weighted by molar-refractivity contribution is -0.116. The van der Waals surface area contributed by atoms with Crippen LogP contribution < -0.4 is 5.73 Å². The van der Waals surface area contributed by atoms with Crippen LogP contribution >= 0.6 is 7.82 Å². The SMILES string of the molecule is Nc1ncnc2c1ncn2[C@@H]1O[C@H](COP(=O)(O)O)[C@@H](O)[C@H]1O.O=CC(O)CO. The standard InChI is InChI=1S/C10H14N5O7P.C3H6O3/c11-8-5-9(13-2-12-8)15(3-14-5)10-7(17)6(16)4(22-10)1-21-23(18,19)20;4-1-3(6)2-5/h2-4,6-7,10,16-17H,1H2,(H2,11,12,13)(H2,18,19,20);1,3,5-6H,2H2/t4-,6-,7-,10-;/m1./s1. The van der Waals surface area contributed by atoms with E-state index in [-0.39, 0.29) is 17.8 Å². The molecular weight excluding hydrogens is 417 g/mol. The van der Waals surface area contributed by atoms with Crippen molar-refractivity contribution in [2.75, 3.05) is 18.9 Å². The molecule has 162 valence electrons. The number of carbonyl (C=O) groups excluding carboxylic acids is 1. The van der Waals surface area contributed by atoms with Crippen LogP contribution in [0, 0.1) is 0 Å². The molecule has 0 saturated carbocycles. The Labute approximate surface area is 162 Å². The summed E-state index contributed by atoms with van der Waals surface area (Å²) in [4.78, 5) is 38.5. The number of phosphoric ester groups is 1. The first-order valence-electron chi connectivity index (χ1n) is 7.98. The third-order valence-electron chi connectivity index (χ3n) is 3.75. The summed E-state index contributed by atoms with van der Waals surface area (Å²) in [6, 6.07) is 0. The smallest absolute Gasteiger partial charge is 0.393 e. The fourth-order valence-corrected chi connectivity index (χ4v) is 2.71. The van der Waals surface area contributed by atoms with E-state index >= 15 is 0 Å². The molecule has 1 fully saturated rings. The molecule has 0 amide bonds. The Morgan fingerprint density at radius 3 is 2.55 bits per heavy atom. The zero-order chi connectivity index (χ0) is 21.8. The predicted octanol–water partition coefficient (Wildman–Crippen LogP) is -3.32. The van der Waals surface area contributed by atoms with Crippen molar-refractivity contribution in [1.82, 2.24) is 19.5 Å². The second-order valence-electron chi connectivity index (χ2n) is 5.80. The van der Waals surface area contributed by atoms with Gasteiger partial charge in [0.15, 0.2) is 24.0 Å². The molecule has 0 aliphatic carbocycles. The van der Waals surface area contributed by atoms with Gasteiger partial charge < -0.3 is 45.5 Å². The van der Waals surface area contributed by atoms with Gasteiger partial charge in [0.1, 0.15) is 36.3 Å². The van der Waals surface area contributed by atoms with Gasteiger partial charge in [-0.1, -0.05) is 0 Å². The predicted molar refractivity (Wildman–Crippen MR) is 92.8 cm³/mol. The zero-order valence-electron chi connectivity index (χ0n) is 14.7. The number of hydrogen-bond acceptors (Lipinski definition) is 12. The average Bonchev–Trinajstić information content (AvgIpc) is 3.22. The lowest BCUT2D eigenvalue weighted by Crippen LogP contribution is -2.33. The van der Waals surface area contributed by atoms with Crippen LogP contribution in [-0.2, 0) is 18.6 Å². The van der Waals surface area contributed by atoms with E-state index in [1.165, 1.54) is 17.2 Å². The van der Waals surface area contributed by atoms with E-state index in [1.54, 1.807) is 0 Å². The van der Waals surface area contributed by atoms with Crippen molar-refractivity contribution in [2.45, 2.75) is 30.6 Å². The number of aliphatic hydroxyl groups excluding tert-OH is 4. The number of carbonyl (C=O) groups is 1. The molecule has 0 aromatic carbocycles. The molecule has 1 saturated heterocycles. The first-order chi connectivity index (χ1) is 13.6. The normalized spacial score (nSPS) is 25.4. The van der Waals surface area contributed by atoms with Crippen molar-refractivity contribution in [3.63, 3.8) is 0 Å². The third-order valence-corrected chi connectivity index (χ3v) is 4.23. The van der Waals surface area contributed by atoms with E-state index in [1.807, 2.05) is 0 Å². The maximum absolute atomic E-state index is 10.7. The van der Waals surface area contributed by atoms with E-state index in [0.29, 0.717) is 5.52 Å². The molecule has 0 radical (unpaired) electrons. The van der Waals surface area contributed by atoms with Gasteiger partial charge in [0.25, 0.3) is 0 Å². The number of nitrogens with two attached hydrogens (primary N) is 1. The van der Waals surface area contributed by atoms with Gasteiger partial charge in [-0.15, -0.1) is 0 Å². The summed E-state index contributed by atoms with van der Waals surface area (Å²) in [5, 5.41) is 36.0. The molecule has 1 aliphatic heterocycles. The number of imidazole rings is 1. The molecule has 0 bridgehead atoms. The van der Waals surface area contributed by atoms with E-state index in [4.69, 9.17) is 30.5 Å². The van der Waals surface area contributed by atoms with Gasteiger partial charge in [-0.2, -0.15) is 0 Å². The molecule has 8 N–H and O–H groups in total. The molecule has 2 aromatic heterocycles. The van der Waals surface area contributed by atoms with Crippen LogP contribution in [-0.4, -0.2) is 93.6 Å². The quantitative estimate of drug-likeness (QED) is 0.173. The number of anilines is 1. The van der Waals surface area contributed by atoms with Crippen LogP contribution in [0.2, 0.25) is 0 Å². The van der Waals surface area contributed by atoms with E-state index in [0.717, 1.165) is 0 Å². The summed E-state index contributed by atoms with van der Waals surface area (Å²) in [6.07, 6.45) is -3.40. The minimum absolute atomic E-state index is 0.142. The highest BCUT2D eigenvalue weighted by atomic mass is 31.2. The highest BCUT2D eigenvalue weighted by molar-refractivity contribution is 7.46. The third kappa shape index (κ3) is 5.72. The number of rotatable bonds is 6. The number of fused-ring (bicyclic) bond motifs is 1. The van der Waals surface area contributed by atoms with Crippen LogP contribution in [0.5, 0.6) is 0 Å². The zero-order valence-corrected chi connectivity index (χ0v) is 15.6. The van der Waals surface area contributed by atoms with Crippen LogP contribution in [0.4, 0.5) is 5.82 Å². The van der Waals surface area contributed by atoms with Crippen LogP contribution in [0.1, 0.15) is 6.23 Å². The van der Waals surface area contributed by atoms with E-state index in [2.05, 4.69) is 19.5 Å². The highest BCUT2D eigenvalue weighted by Gasteiger charge is 2.45. The first-order valence-corrected chi connectivity index (χ1v) is 9.51. The molecule has 3 rings (SSSR count). The van der Waals surface area contributed by atoms with Gasteiger partial charge in [0.05, 0.1) is 19.5 Å². The first kappa shape index (κ1) is 23.2. The summed E-state index contributed by atoms with van der Waals surface area (Å²) < 4.78 is 21.8. The number of hydrogen-bond donors (Lipinski definition) is 7. The molecule has 1 aliphatic rings. The van der Waals surface area contributed by atoms with Gasteiger partial charge in [0, 0.05) is 0 Å². The average molecular weight is 437 g/mol. The summed E-state index contributed by atoms with van der Waals surface area (Å²) in [6.45, 7) is -1.08. The van der Waals surface area contributed by atoms with Crippen molar-refractivity contribution in [3.05, 3.63) is 12.7 Å². The molecule has 3 heterocycles. The molecule has 0 spiro atoms. The number of nitrogens with zero attached hydrogens (tertiary/aromatic N) is 4. The summed E-state index contributed by atoms with van der Waals surface area (Å²) in [5.74, 6) is 0.142. The molecule has 15 nitrogen and oxygen atoms in total. The lowest BCUT2D eigenvalue weighted by Gasteiger charge is -2.16. The number of ether oxygens (including phenoxy) is 1. The van der Waals surface area contributed by atoms with Crippen molar-refractivity contribution in [3.8, 4) is 0 Å². The van der Waals surface area contributed by atoms with Crippen molar-refractivity contribution >= 4 is 31.1 Å². The number of nitrogen functional groups attached to an aromatic ring is 1. The molecular formula is C13H20N5O10P. The molecule has 2 aromatic rings. The van der Waals surface area contributed by atoms with E-state index < -0.39 is 51.7 Å². The second kappa shape index (κ2) is 9.62. The highest BCUT2D eigenvalue weighted by Crippen LogP contribution is 2.38. The molecule has 16 heteroatoms. The Balaban J connectivity index is 0.000000438. The Morgan fingerprint density at radius 1 is 1.31 bits per heavy atom. The monoisotopic (exact) mass is 437 g/mol. The molecule has 29 heavy (non-hydrogen) atoms. The largest absolute Gasteiger partial charge is 0.469 e. The number of aromatic nitrogens is 4. The fraction of sp³-hybridized carbons (Fsp3) is 0.538. The Morgan fingerprint density at radius 2 is 2.00 bits per heavy atom. The van der Waals surface area contributed by atoms with E-state index in [9.17, 15) is 19.6 Å². The van der Waals surface area contributed by atoms with Gasteiger partial charge in [-0.3, -0.25) is 9.09 Å². The van der Waals surface area contributed by atoms with Crippen LogP contribution in [0.25, 0.3) is 11.2 Å². The maximum atomic E-state index is 10.7. The van der Waals surface area contributed by atoms with Gasteiger partial charge >= 0.3 is 7.82 Å². The summed E-state index contributed by atoms with van der Waals surface area (Å²) in [5.41, 5.74) is 6.25. The van der Waals surface area contributed by atoms with Gasteiger partial charge in [-0.05, 0) is 0 Å². The number of aldehydes is 1. The van der Waals surface area contributed by atoms with Crippen LogP contribution in [0.3, 0.4) is 0 Å². The number of phosphoric acid groups is 1. The van der Waals surface area contributed by atoms with Gasteiger partial charge in [-0.25, -0.2) is 19.5 Å². The fourth-order valence-electron chi connectivity index (χ4n) is 2.37. The Kier molecular flexibility index (Phi) is 7.70. The minimum atomic E-state index is -4.72. The lowest BCUT2D eigenvalue weighted by atomic mass is 10.1. The Hall–Kier alpha value is -2.07. The molecule has 1 unspecified atom stereocenters. The topological polar surface area (TPSA) is 244 Å². The molecule has 5 atom stereocenters. The number of aliphatic hydroxyl groups is 4. The van der Waals surface area contributed by atoms with Crippen molar-refractivity contribution in [1.29, 1.82) is 0 Å². The van der Waals surface area contributed by atoms with Gasteiger partial charge in [0.2, 0.25) is 0 Å². The maximum Gasteiger partial charge on any atom is 0.469 e. The summed E-state index contributed by atoms with van der Waals surface area (Å²) in [7, 11) is -4.72. The van der Waals surface area contributed by atoms with Crippen molar-refractivity contribution < 1.29 is 48.8 Å². The second-order valence-corrected chi connectivity index (χ2v) is 7.04. The summed E-state index contributed by atoms with van der Waals surface area (Å²) >= 11 is 0. The Bertz CT molecular complexity index is 875. The van der Waals surface area contributed by atoms with Crippen molar-refractivity contribution in [2.24, 2.45) is 0 Å².